The van der Waals surface area contributed by atoms with Crippen LogP contribution in [0.25, 0.3) is 33.3 Å². The van der Waals surface area contributed by atoms with Crippen molar-refractivity contribution in [3.63, 3.8) is 0 Å². The summed E-state index contributed by atoms with van der Waals surface area (Å²) in [4.78, 5) is 13.9. The number of carbonyl (C=O) groups is 1. The molecule has 0 saturated carbocycles. The van der Waals surface area contributed by atoms with E-state index in [0.29, 0.717) is 56.3 Å². The Balaban J connectivity index is 1.65. The van der Waals surface area contributed by atoms with Crippen LogP contribution in [0.3, 0.4) is 0 Å². The van der Waals surface area contributed by atoms with Crippen LogP contribution in [0, 0.1) is 17.2 Å². The van der Waals surface area contributed by atoms with Gasteiger partial charge >= 0.3 is 5.97 Å². The quantitative estimate of drug-likeness (QED) is 0.255. The number of carboxylic acids is 1. The largest absolute Gasteiger partial charge is 0.481 e. The van der Waals surface area contributed by atoms with Gasteiger partial charge in [-0.25, -0.2) is 12.4 Å². The van der Waals surface area contributed by atoms with Gasteiger partial charge in [0.1, 0.15) is 10.9 Å². The number of aromatic nitrogens is 1. The maximum atomic E-state index is 14.3. The van der Waals surface area contributed by atoms with Crippen molar-refractivity contribution in [2.24, 2.45) is 5.92 Å². The lowest BCUT2D eigenvalue weighted by Crippen LogP contribution is -2.50. The molecule has 2 aromatic heterocycles. The van der Waals surface area contributed by atoms with Crippen LogP contribution in [-0.2, 0) is 14.8 Å². The van der Waals surface area contributed by atoms with Crippen LogP contribution in [0.1, 0.15) is 4.88 Å². The van der Waals surface area contributed by atoms with Crippen LogP contribution in [0.15, 0.2) is 89.1 Å². The molecule has 39 heavy (non-hydrogen) atoms. The molecule has 3 aromatic carbocycles. The third kappa shape index (κ3) is 4.17. The van der Waals surface area contributed by atoms with Crippen molar-refractivity contribution in [1.82, 2.24) is 3.97 Å². The maximum absolute atomic E-state index is 14.3. The van der Waals surface area contributed by atoms with E-state index in [-0.39, 0.29) is 4.90 Å². The van der Waals surface area contributed by atoms with Gasteiger partial charge in [0.05, 0.1) is 22.0 Å². The summed E-state index contributed by atoms with van der Waals surface area (Å²) in [5, 5.41) is 22.1. The summed E-state index contributed by atoms with van der Waals surface area (Å²) < 4.78 is 29.9. The molecule has 10 heteroatoms. The molecule has 3 heterocycles. The van der Waals surface area contributed by atoms with E-state index < -0.39 is 21.9 Å². The molecule has 1 aliphatic rings. The van der Waals surface area contributed by atoms with Gasteiger partial charge in [0.15, 0.2) is 0 Å². The molecule has 194 valence electrons. The highest BCUT2D eigenvalue weighted by Gasteiger charge is 2.34. The lowest BCUT2D eigenvalue weighted by Gasteiger charge is -2.38. The van der Waals surface area contributed by atoms with Gasteiger partial charge in [0.2, 0.25) is 0 Å². The Kier molecular flexibility index (Phi) is 6.19. The summed E-state index contributed by atoms with van der Waals surface area (Å²) >= 11 is 7.36. The Morgan fingerprint density at radius 2 is 1.77 bits per heavy atom. The topological polar surface area (TPSA) is 103 Å². The standard InChI is InChI=1S/C29H20ClN3O4S2/c30-20-8-10-22(11-9-20)39(36,37)33-25-7-2-1-6-23(25)27(24-12-13-38-26(24)15-31)28(33)18-4-3-5-21(14-18)32-16-19(17-32)29(34)35/h1-14,19H,16-17H2,(H,34,35). The number of fused-ring (bicyclic) bond motifs is 1. The normalized spacial score (nSPS) is 13.8. The molecule has 1 N–H and O–H groups in total. The molecule has 0 amide bonds. The summed E-state index contributed by atoms with van der Waals surface area (Å²) in [6.07, 6.45) is 0. The molecular formula is C29H20ClN3O4S2. The third-order valence-electron chi connectivity index (χ3n) is 6.94. The zero-order chi connectivity index (χ0) is 27.3. The van der Waals surface area contributed by atoms with Gasteiger partial charge in [-0.15, -0.1) is 11.3 Å². The first-order chi connectivity index (χ1) is 18.8. The number of benzene rings is 3. The average molecular weight is 574 g/mol. The molecule has 1 fully saturated rings. The fourth-order valence-electron chi connectivity index (χ4n) is 5.00. The molecular weight excluding hydrogens is 554 g/mol. The van der Waals surface area contributed by atoms with Crippen LogP contribution in [0.5, 0.6) is 0 Å². The van der Waals surface area contributed by atoms with Gasteiger partial charge in [-0.2, -0.15) is 5.26 Å². The predicted octanol–water partition coefficient (Wildman–Crippen LogP) is 6.32. The Labute approximate surface area is 233 Å². The summed E-state index contributed by atoms with van der Waals surface area (Å²) in [5.41, 5.74) is 3.63. The highest BCUT2D eigenvalue weighted by molar-refractivity contribution is 7.90. The van der Waals surface area contributed by atoms with E-state index >= 15 is 0 Å². The second-order valence-electron chi connectivity index (χ2n) is 9.23. The number of aliphatic carboxylic acids is 1. The van der Waals surface area contributed by atoms with E-state index in [4.69, 9.17) is 11.6 Å². The van der Waals surface area contributed by atoms with Crippen molar-refractivity contribution in [1.29, 1.82) is 5.26 Å². The third-order valence-corrected chi connectivity index (χ3v) is 9.73. The van der Waals surface area contributed by atoms with Crippen molar-refractivity contribution in [3.05, 3.63) is 94.1 Å². The van der Waals surface area contributed by atoms with Crippen molar-refractivity contribution in [3.8, 4) is 28.5 Å². The highest BCUT2D eigenvalue weighted by atomic mass is 35.5. The molecule has 0 radical (unpaired) electrons. The Bertz CT molecular complexity index is 1900. The number of hydrogen-bond donors (Lipinski definition) is 1. The van der Waals surface area contributed by atoms with Gasteiger partial charge in [-0.05, 0) is 53.9 Å². The van der Waals surface area contributed by atoms with E-state index in [1.165, 1.54) is 39.6 Å². The summed E-state index contributed by atoms with van der Waals surface area (Å²) in [7, 11) is -4.11. The van der Waals surface area contributed by atoms with Gasteiger partial charge in [-0.1, -0.05) is 41.9 Å². The maximum Gasteiger partial charge on any atom is 0.310 e. The van der Waals surface area contributed by atoms with Gasteiger partial charge < -0.3 is 10.0 Å². The first-order valence-corrected chi connectivity index (χ1v) is 14.7. The number of nitriles is 1. The summed E-state index contributed by atoms with van der Waals surface area (Å²) in [6, 6.07) is 24.8. The van der Waals surface area contributed by atoms with Gasteiger partial charge in [0, 0.05) is 45.9 Å². The molecule has 0 atom stereocenters. The first kappa shape index (κ1) is 25.2. The highest BCUT2D eigenvalue weighted by Crippen LogP contribution is 2.45. The predicted molar refractivity (Wildman–Crippen MR) is 153 cm³/mol. The van der Waals surface area contributed by atoms with Crippen molar-refractivity contribution >= 4 is 55.5 Å². The molecule has 1 saturated heterocycles. The number of hydrogen-bond acceptors (Lipinski definition) is 6. The molecule has 5 aromatic rings. The minimum atomic E-state index is -4.11. The Morgan fingerprint density at radius 1 is 1.03 bits per heavy atom. The van der Waals surface area contributed by atoms with Gasteiger partial charge in [-0.3, -0.25) is 4.79 Å². The fraction of sp³-hybridized carbons (Fsp3) is 0.103. The molecule has 7 nitrogen and oxygen atoms in total. The van der Waals surface area contributed by atoms with Crippen LogP contribution in [0.4, 0.5) is 5.69 Å². The molecule has 0 bridgehead atoms. The molecule has 6 rings (SSSR count). The second kappa shape index (κ2) is 9.58. The van der Waals surface area contributed by atoms with Crippen LogP contribution >= 0.6 is 22.9 Å². The van der Waals surface area contributed by atoms with Crippen LogP contribution < -0.4 is 4.90 Å². The Hall–Kier alpha value is -4.10. The van der Waals surface area contributed by atoms with E-state index in [9.17, 15) is 23.6 Å². The monoisotopic (exact) mass is 573 g/mol. The zero-order valence-corrected chi connectivity index (χ0v) is 22.7. The number of rotatable bonds is 6. The van der Waals surface area contributed by atoms with Crippen molar-refractivity contribution in [2.45, 2.75) is 4.90 Å². The van der Waals surface area contributed by atoms with Crippen molar-refractivity contribution in [2.75, 3.05) is 18.0 Å². The van der Waals surface area contributed by atoms with E-state index in [0.717, 1.165) is 5.69 Å². The number of nitrogens with zero attached hydrogens (tertiary/aromatic N) is 3. The zero-order valence-electron chi connectivity index (χ0n) is 20.3. The minimum absolute atomic E-state index is 0.0782. The number of anilines is 1. The van der Waals surface area contributed by atoms with E-state index in [1.807, 2.05) is 52.7 Å². The fourth-order valence-corrected chi connectivity index (χ4v) is 7.36. The summed E-state index contributed by atoms with van der Waals surface area (Å²) in [5.74, 6) is -1.27. The second-order valence-corrected chi connectivity index (χ2v) is 12.4. The average Bonchev–Trinajstić information content (AvgIpc) is 3.50. The van der Waals surface area contributed by atoms with E-state index in [1.54, 1.807) is 12.1 Å². The van der Waals surface area contributed by atoms with E-state index in [2.05, 4.69) is 6.07 Å². The van der Waals surface area contributed by atoms with Crippen molar-refractivity contribution < 1.29 is 18.3 Å². The number of para-hydroxylation sites is 1. The smallest absolute Gasteiger partial charge is 0.310 e. The lowest BCUT2D eigenvalue weighted by atomic mass is 9.96. The van der Waals surface area contributed by atoms with Gasteiger partial charge in [0.25, 0.3) is 10.0 Å². The molecule has 0 aliphatic carbocycles. The number of halogens is 1. The number of thiophene rings is 1. The molecule has 1 aliphatic heterocycles. The van der Waals surface area contributed by atoms with Crippen LogP contribution in [-0.4, -0.2) is 36.6 Å². The minimum Gasteiger partial charge on any atom is -0.481 e. The summed E-state index contributed by atoms with van der Waals surface area (Å²) in [6.45, 7) is 0.752. The molecule has 0 unspecified atom stereocenters. The van der Waals surface area contributed by atoms with Crippen LogP contribution in [0.2, 0.25) is 5.02 Å². The number of carboxylic acid groups (broad SMARTS) is 1. The first-order valence-electron chi connectivity index (χ1n) is 12.0. The molecule has 0 spiro atoms. The Morgan fingerprint density at radius 3 is 2.49 bits per heavy atom. The lowest BCUT2D eigenvalue weighted by molar-refractivity contribution is -0.142. The SMILES string of the molecule is N#Cc1sccc1-c1c(-c2cccc(N3CC(C(=O)O)C3)c2)n(S(=O)(=O)c2ccc(Cl)cc2)c2ccccc12.